The monoisotopic (exact) mass is 474 g/mol. The van der Waals surface area contributed by atoms with Gasteiger partial charge in [-0.1, -0.05) is 6.92 Å². The second-order valence-electron chi connectivity index (χ2n) is 7.29. The molecule has 0 radical (unpaired) electrons. The van der Waals surface area contributed by atoms with Crippen LogP contribution in [0.1, 0.15) is 36.9 Å². The van der Waals surface area contributed by atoms with E-state index in [0.717, 1.165) is 36.6 Å². The van der Waals surface area contributed by atoms with Crippen LogP contribution in [-0.2, 0) is 19.7 Å². The van der Waals surface area contributed by atoms with Crippen molar-refractivity contribution in [1.29, 1.82) is 0 Å². The van der Waals surface area contributed by atoms with Gasteiger partial charge in [0.25, 0.3) is 9.84 Å². The van der Waals surface area contributed by atoms with Crippen LogP contribution >= 0.6 is 0 Å². The van der Waals surface area contributed by atoms with E-state index in [9.17, 15) is 30.0 Å². The minimum absolute atomic E-state index is 0.00157. The molecule has 0 unspecified atom stereocenters. The third kappa shape index (κ3) is 3.71. The minimum atomic E-state index is -5.57. The topological polar surface area (TPSA) is 107 Å². The Kier molecular flexibility index (Phi) is 4.93. The van der Waals surface area contributed by atoms with Gasteiger partial charge in [-0.15, -0.1) is 0 Å². The number of nitrogens with zero attached hydrogens (tertiary/aromatic N) is 2. The van der Waals surface area contributed by atoms with Crippen molar-refractivity contribution in [3.05, 3.63) is 35.5 Å². The highest BCUT2D eigenvalue weighted by atomic mass is 32.2. The van der Waals surface area contributed by atoms with E-state index in [2.05, 4.69) is 9.97 Å². The highest BCUT2D eigenvalue weighted by Gasteiger charge is 2.47. The molecular formula is C19H17F3N2O5S2. The van der Waals surface area contributed by atoms with Gasteiger partial charge in [0, 0.05) is 5.69 Å². The van der Waals surface area contributed by atoms with Crippen molar-refractivity contribution in [1.82, 2.24) is 9.97 Å². The van der Waals surface area contributed by atoms with Gasteiger partial charge < -0.3 is 4.42 Å². The lowest BCUT2D eigenvalue weighted by molar-refractivity contribution is -0.0435. The summed E-state index contributed by atoms with van der Waals surface area (Å²) in [5.74, 6) is -0.164. The molecule has 1 aromatic carbocycles. The van der Waals surface area contributed by atoms with E-state index < -0.39 is 30.1 Å². The van der Waals surface area contributed by atoms with E-state index in [1.165, 1.54) is 6.92 Å². The fourth-order valence-corrected chi connectivity index (χ4v) is 5.09. The quantitative estimate of drug-likeness (QED) is 0.546. The first kappa shape index (κ1) is 21.8. The fraction of sp³-hybridized carbons (Fsp3) is 0.368. The Morgan fingerprint density at radius 2 is 1.77 bits per heavy atom. The Bertz CT molecular complexity index is 1410. The molecule has 1 aliphatic rings. The molecule has 0 amide bonds. The van der Waals surface area contributed by atoms with Crippen LogP contribution < -0.4 is 0 Å². The van der Waals surface area contributed by atoms with Gasteiger partial charge in [0.05, 0.1) is 15.5 Å². The van der Waals surface area contributed by atoms with Crippen LogP contribution in [0.15, 0.2) is 38.5 Å². The first-order valence-corrected chi connectivity index (χ1v) is 12.5. The van der Waals surface area contributed by atoms with Crippen molar-refractivity contribution < 1.29 is 34.4 Å². The highest BCUT2D eigenvalue weighted by molar-refractivity contribution is 7.92. The molecule has 3 aromatic rings. The standard InChI is InChI=1S/C19H17F3N2O5S2/c1-3-30(25,26)16-9-13(11-4-5-11)10(2)23-17(16)18-24-14-8-12(6-7-15(14)29-18)31(27,28)19(20,21)22/h6-9,11H,3-5H2,1-2H3. The predicted molar refractivity (Wildman–Crippen MR) is 105 cm³/mol. The summed E-state index contributed by atoms with van der Waals surface area (Å²) in [6.07, 6.45) is 1.87. The van der Waals surface area contributed by atoms with Gasteiger partial charge in [-0.25, -0.2) is 26.8 Å². The Morgan fingerprint density at radius 3 is 2.35 bits per heavy atom. The van der Waals surface area contributed by atoms with Gasteiger partial charge in [0.1, 0.15) is 11.2 Å². The van der Waals surface area contributed by atoms with Gasteiger partial charge in [-0.3, -0.25) is 0 Å². The number of rotatable bonds is 5. The molecule has 0 N–H and O–H groups in total. The second-order valence-corrected chi connectivity index (χ2v) is 11.5. The number of fused-ring (bicyclic) bond motifs is 1. The molecule has 2 heterocycles. The summed E-state index contributed by atoms with van der Waals surface area (Å²) in [6.45, 7) is 3.21. The zero-order valence-corrected chi connectivity index (χ0v) is 18.0. The summed E-state index contributed by atoms with van der Waals surface area (Å²) in [6, 6.07) is 4.11. The third-order valence-electron chi connectivity index (χ3n) is 5.13. The number of oxazole rings is 1. The molecule has 0 atom stereocenters. The second kappa shape index (κ2) is 7.02. The summed E-state index contributed by atoms with van der Waals surface area (Å²) >= 11 is 0. The summed E-state index contributed by atoms with van der Waals surface area (Å²) in [5.41, 5.74) is -4.25. The molecule has 0 spiro atoms. The maximum Gasteiger partial charge on any atom is 0.501 e. The first-order valence-electron chi connectivity index (χ1n) is 9.31. The number of halogens is 3. The van der Waals surface area contributed by atoms with Crippen LogP contribution in [0.5, 0.6) is 0 Å². The highest BCUT2D eigenvalue weighted by Crippen LogP contribution is 2.43. The van der Waals surface area contributed by atoms with Crippen LogP contribution in [0.4, 0.5) is 13.2 Å². The minimum Gasteiger partial charge on any atom is -0.435 e. The van der Waals surface area contributed by atoms with E-state index in [-0.39, 0.29) is 39.3 Å². The maximum atomic E-state index is 12.9. The van der Waals surface area contributed by atoms with Gasteiger partial charge in [0.15, 0.2) is 15.4 Å². The number of hydrogen-bond donors (Lipinski definition) is 0. The van der Waals surface area contributed by atoms with E-state index in [0.29, 0.717) is 5.69 Å². The Hall–Kier alpha value is -2.47. The molecule has 0 bridgehead atoms. The van der Waals surface area contributed by atoms with Crippen LogP contribution in [-0.4, -0.2) is 38.1 Å². The molecule has 31 heavy (non-hydrogen) atoms. The van der Waals surface area contributed by atoms with Gasteiger partial charge in [-0.05, 0) is 55.5 Å². The van der Waals surface area contributed by atoms with Crippen molar-refractivity contribution in [2.75, 3.05) is 5.75 Å². The lowest BCUT2D eigenvalue weighted by Crippen LogP contribution is -2.23. The molecule has 4 rings (SSSR count). The average Bonchev–Trinajstić information content (AvgIpc) is 3.44. The molecule has 1 aliphatic carbocycles. The van der Waals surface area contributed by atoms with Crippen LogP contribution in [0.3, 0.4) is 0 Å². The van der Waals surface area contributed by atoms with Crippen LogP contribution in [0.25, 0.3) is 22.7 Å². The molecule has 1 saturated carbocycles. The summed E-state index contributed by atoms with van der Waals surface area (Å²) in [5, 5.41) is 0. The van der Waals surface area contributed by atoms with E-state index >= 15 is 0 Å². The number of hydrogen-bond acceptors (Lipinski definition) is 7. The van der Waals surface area contributed by atoms with Crippen molar-refractivity contribution in [2.24, 2.45) is 0 Å². The van der Waals surface area contributed by atoms with Crippen molar-refractivity contribution in [3.63, 3.8) is 0 Å². The first-order chi connectivity index (χ1) is 14.3. The van der Waals surface area contributed by atoms with E-state index in [1.807, 2.05) is 0 Å². The zero-order valence-electron chi connectivity index (χ0n) is 16.4. The molecule has 0 saturated heterocycles. The maximum absolute atomic E-state index is 12.9. The molecule has 7 nitrogen and oxygen atoms in total. The SMILES string of the molecule is CCS(=O)(=O)c1cc(C2CC2)c(C)nc1-c1nc2cc(S(=O)(=O)C(F)(F)F)ccc2o1. The molecule has 2 aromatic heterocycles. The molecule has 12 heteroatoms. The van der Waals surface area contributed by atoms with Crippen molar-refractivity contribution in [3.8, 4) is 11.6 Å². The zero-order chi connectivity index (χ0) is 22.8. The molecule has 0 aliphatic heterocycles. The normalized spacial score (nSPS) is 15.5. The number of alkyl halides is 3. The third-order valence-corrected chi connectivity index (χ3v) is 8.35. The molecular weight excluding hydrogens is 457 g/mol. The number of pyridine rings is 1. The average molecular weight is 474 g/mol. The summed E-state index contributed by atoms with van der Waals surface area (Å²) < 4.78 is 92.9. The van der Waals surface area contributed by atoms with E-state index in [4.69, 9.17) is 4.42 Å². The Labute approximate surface area is 176 Å². The largest absolute Gasteiger partial charge is 0.501 e. The van der Waals surface area contributed by atoms with Gasteiger partial charge in [-0.2, -0.15) is 13.2 Å². The Morgan fingerprint density at radius 1 is 1.10 bits per heavy atom. The molecule has 1 fully saturated rings. The number of sulfone groups is 2. The van der Waals surface area contributed by atoms with E-state index in [1.54, 1.807) is 13.0 Å². The molecule has 166 valence electrons. The summed E-state index contributed by atoms with van der Waals surface area (Å²) in [7, 11) is -9.28. The van der Waals surface area contributed by atoms with Gasteiger partial charge in [0.2, 0.25) is 5.89 Å². The Balaban J connectivity index is 1.90. The van der Waals surface area contributed by atoms with Crippen molar-refractivity contribution >= 4 is 30.8 Å². The van der Waals surface area contributed by atoms with Crippen LogP contribution in [0.2, 0.25) is 0 Å². The van der Waals surface area contributed by atoms with Crippen LogP contribution in [0, 0.1) is 6.92 Å². The van der Waals surface area contributed by atoms with Crippen molar-refractivity contribution in [2.45, 2.75) is 47.9 Å². The smallest absolute Gasteiger partial charge is 0.435 e. The lowest BCUT2D eigenvalue weighted by Gasteiger charge is -2.11. The fourth-order valence-electron chi connectivity index (χ4n) is 3.26. The number of aryl methyl sites for hydroxylation is 1. The lowest BCUT2D eigenvalue weighted by atomic mass is 10.1. The predicted octanol–water partition coefficient (Wildman–Crippen LogP) is 4.16. The number of aromatic nitrogens is 2. The van der Waals surface area contributed by atoms with Gasteiger partial charge >= 0.3 is 5.51 Å². The number of benzene rings is 1. The summed E-state index contributed by atoms with van der Waals surface area (Å²) in [4.78, 5) is 7.39.